The number of anilines is 2. The third-order valence-corrected chi connectivity index (χ3v) is 4.98. The second kappa shape index (κ2) is 9.35. The van der Waals surface area contributed by atoms with Gasteiger partial charge in [0.15, 0.2) is 5.16 Å². The summed E-state index contributed by atoms with van der Waals surface area (Å²) in [5.74, 6) is 0.177. The molecule has 12 heteroatoms. The number of hydrogen-bond donors (Lipinski definition) is 1. The lowest BCUT2D eigenvalue weighted by molar-refractivity contribution is -0.274. The molecule has 1 aliphatic heterocycles. The van der Waals surface area contributed by atoms with Crippen LogP contribution < -0.4 is 15.0 Å². The minimum atomic E-state index is -4.75. The van der Waals surface area contributed by atoms with Gasteiger partial charge in [-0.05, 0) is 31.2 Å². The predicted molar refractivity (Wildman–Crippen MR) is 101 cm³/mol. The van der Waals surface area contributed by atoms with Gasteiger partial charge in [-0.3, -0.25) is 9.36 Å². The summed E-state index contributed by atoms with van der Waals surface area (Å²) in [5.41, 5.74) is 0.371. The van der Waals surface area contributed by atoms with Crippen molar-refractivity contribution in [1.82, 2.24) is 14.8 Å². The van der Waals surface area contributed by atoms with E-state index in [1.807, 2.05) is 11.5 Å². The highest BCUT2D eigenvalue weighted by Gasteiger charge is 2.31. The SMILES string of the molecule is CCn1c(SCC(=O)Nc2ccc(OC(F)(F)F)cc2)nnc1N1CCOCC1. The van der Waals surface area contributed by atoms with Crippen LogP contribution in [-0.2, 0) is 16.1 Å². The number of alkyl halides is 3. The van der Waals surface area contributed by atoms with Gasteiger partial charge in [0.2, 0.25) is 11.9 Å². The minimum absolute atomic E-state index is 0.0854. The number of halogens is 3. The number of amides is 1. The Kier molecular flexibility index (Phi) is 6.85. The van der Waals surface area contributed by atoms with Crippen LogP contribution in [0.2, 0.25) is 0 Å². The lowest BCUT2D eigenvalue weighted by Gasteiger charge is -2.27. The molecule has 29 heavy (non-hydrogen) atoms. The van der Waals surface area contributed by atoms with Crippen LogP contribution in [0.3, 0.4) is 0 Å². The van der Waals surface area contributed by atoms with E-state index in [2.05, 4.69) is 25.2 Å². The summed E-state index contributed by atoms with van der Waals surface area (Å²) in [6, 6.07) is 4.96. The zero-order valence-electron chi connectivity index (χ0n) is 15.6. The molecule has 2 heterocycles. The summed E-state index contributed by atoms with van der Waals surface area (Å²) in [4.78, 5) is 14.3. The molecule has 1 saturated heterocycles. The molecule has 0 bridgehead atoms. The topological polar surface area (TPSA) is 81.5 Å². The van der Waals surface area contributed by atoms with Crippen molar-refractivity contribution in [1.29, 1.82) is 0 Å². The van der Waals surface area contributed by atoms with Crippen LogP contribution in [-0.4, -0.2) is 59.1 Å². The van der Waals surface area contributed by atoms with E-state index in [4.69, 9.17) is 4.74 Å². The molecule has 0 saturated carbocycles. The first kappa shape index (κ1) is 21.2. The number of hydrogen-bond acceptors (Lipinski definition) is 7. The van der Waals surface area contributed by atoms with Crippen molar-refractivity contribution in [3.05, 3.63) is 24.3 Å². The Bertz CT molecular complexity index is 823. The Hall–Kier alpha value is -2.47. The second-order valence-corrected chi connectivity index (χ2v) is 6.98. The standard InChI is InChI=1S/C17H20F3N5O3S/c1-2-25-15(24-7-9-27-10-8-24)22-23-16(25)29-11-14(26)21-12-3-5-13(6-4-12)28-17(18,19)20/h3-6H,2,7-11H2,1H3,(H,21,26). The molecule has 8 nitrogen and oxygen atoms in total. The molecule has 3 rings (SSSR count). The number of nitrogens with one attached hydrogen (secondary N) is 1. The maximum Gasteiger partial charge on any atom is 0.573 e. The molecule has 2 aromatic rings. The highest BCUT2D eigenvalue weighted by molar-refractivity contribution is 7.99. The Morgan fingerprint density at radius 2 is 1.93 bits per heavy atom. The smallest absolute Gasteiger partial charge is 0.406 e. The maximum absolute atomic E-state index is 12.2. The quantitative estimate of drug-likeness (QED) is 0.675. The Balaban J connectivity index is 1.54. The van der Waals surface area contributed by atoms with Crippen LogP contribution in [0.5, 0.6) is 5.75 Å². The summed E-state index contributed by atoms with van der Waals surface area (Å²) in [7, 11) is 0. The van der Waals surface area contributed by atoms with Gasteiger partial charge >= 0.3 is 6.36 Å². The monoisotopic (exact) mass is 431 g/mol. The van der Waals surface area contributed by atoms with Crippen molar-refractivity contribution in [2.24, 2.45) is 0 Å². The Labute approximate surface area is 169 Å². The zero-order valence-corrected chi connectivity index (χ0v) is 16.4. The molecule has 0 atom stereocenters. The molecule has 1 aromatic heterocycles. The zero-order chi connectivity index (χ0) is 20.9. The fourth-order valence-electron chi connectivity index (χ4n) is 2.73. The van der Waals surface area contributed by atoms with Crippen molar-refractivity contribution < 1.29 is 27.4 Å². The maximum atomic E-state index is 12.2. The van der Waals surface area contributed by atoms with Gasteiger partial charge in [0.25, 0.3) is 0 Å². The van der Waals surface area contributed by atoms with Crippen molar-refractivity contribution in [3.8, 4) is 5.75 Å². The highest BCUT2D eigenvalue weighted by Crippen LogP contribution is 2.25. The van der Waals surface area contributed by atoms with Gasteiger partial charge in [-0.25, -0.2) is 0 Å². The van der Waals surface area contributed by atoms with E-state index in [0.29, 0.717) is 30.6 Å². The minimum Gasteiger partial charge on any atom is -0.406 e. The van der Waals surface area contributed by atoms with E-state index >= 15 is 0 Å². The van der Waals surface area contributed by atoms with Gasteiger partial charge in [-0.2, -0.15) is 0 Å². The number of ether oxygens (including phenoxy) is 2. The number of carbonyl (C=O) groups is 1. The third-order valence-electron chi connectivity index (χ3n) is 4.01. The van der Waals surface area contributed by atoms with Crippen molar-refractivity contribution >= 4 is 29.3 Å². The lowest BCUT2D eigenvalue weighted by Crippen LogP contribution is -2.38. The van der Waals surface area contributed by atoms with E-state index in [0.717, 1.165) is 31.2 Å². The number of thioether (sulfide) groups is 1. The Morgan fingerprint density at radius 1 is 1.24 bits per heavy atom. The van der Waals surface area contributed by atoms with E-state index in [-0.39, 0.29) is 17.4 Å². The normalized spacial score (nSPS) is 14.7. The molecule has 0 unspecified atom stereocenters. The fraction of sp³-hybridized carbons (Fsp3) is 0.471. The molecule has 1 fully saturated rings. The molecular formula is C17H20F3N5O3S. The first-order chi connectivity index (χ1) is 13.9. The van der Waals surface area contributed by atoms with Crippen LogP contribution in [0.15, 0.2) is 29.4 Å². The van der Waals surface area contributed by atoms with Crippen LogP contribution in [0.1, 0.15) is 6.92 Å². The van der Waals surface area contributed by atoms with Crippen LogP contribution >= 0.6 is 11.8 Å². The van der Waals surface area contributed by atoms with E-state index < -0.39 is 6.36 Å². The number of morpholine rings is 1. The fourth-order valence-corrected chi connectivity index (χ4v) is 3.53. The first-order valence-electron chi connectivity index (χ1n) is 8.90. The number of rotatable bonds is 7. The molecule has 0 radical (unpaired) electrons. The molecule has 158 valence electrons. The van der Waals surface area contributed by atoms with Gasteiger partial charge in [0, 0.05) is 25.3 Å². The molecule has 1 N–H and O–H groups in total. The number of aromatic nitrogens is 3. The lowest BCUT2D eigenvalue weighted by atomic mass is 10.3. The van der Waals surface area contributed by atoms with Crippen molar-refractivity contribution in [2.75, 3.05) is 42.3 Å². The molecular weight excluding hydrogens is 411 g/mol. The van der Waals surface area contributed by atoms with Crippen LogP contribution in [0.25, 0.3) is 0 Å². The van der Waals surface area contributed by atoms with Gasteiger partial charge in [0.05, 0.1) is 19.0 Å². The highest BCUT2D eigenvalue weighted by atomic mass is 32.2. The average Bonchev–Trinajstić information content (AvgIpc) is 3.10. The van der Waals surface area contributed by atoms with Gasteiger partial charge in [0.1, 0.15) is 5.75 Å². The summed E-state index contributed by atoms with van der Waals surface area (Å²) in [6.07, 6.45) is -4.75. The van der Waals surface area contributed by atoms with Gasteiger partial charge in [-0.15, -0.1) is 23.4 Å². The van der Waals surface area contributed by atoms with Crippen LogP contribution in [0.4, 0.5) is 24.8 Å². The summed E-state index contributed by atoms with van der Waals surface area (Å²) in [6.45, 7) is 5.36. The number of benzene rings is 1. The van der Waals surface area contributed by atoms with E-state index in [1.54, 1.807) is 0 Å². The van der Waals surface area contributed by atoms with Gasteiger partial charge < -0.3 is 19.7 Å². The average molecular weight is 431 g/mol. The summed E-state index contributed by atoms with van der Waals surface area (Å²) < 4.78 is 47.6. The summed E-state index contributed by atoms with van der Waals surface area (Å²) >= 11 is 1.24. The molecule has 0 aliphatic carbocycles. The first-order valence-corrected chi connectivity index (χ1v) is 9.88. The number of nitrogens with zero attached hydrogens (tertiary/aromatic N) is 4. The third kappa shape index (κ3) is 6.00. The van der Waals surface area contributed by atoms with Crippen molar-refractivity contribution in [3.63, 3.8) is 0 Å². The van der Waals surface area contributed by atoms with Crippen LogP contribution in [0, 0.1) is 0 Å². The number of carbonyl (C=O) groups excluding carboxylic acids is 1. The largest absolute Gasteiger partial charge is 0.573 e. The molecule has 1 aromatic carbocycles. The second-order valence-electron chi connectivity index (χ2n) is 6.04. The van der Waals surface area contributed by atoms with Gasteiger partial charge in [-0.1, -0.05) is 11.8 Å². The van der Waals surface area contributed by atoms with E-state index in [1.165, 1.54) is 23.9 Å². The molecule has 0 spiro atoms. The predicted octanol–water partition coefficient (Wildman–Crippen LogP) is 2.76. The summed E-state index contributed by atoms with van der Waals surface area (Å²) in [5, 5.41) is 11.7. The molecule has 1 aliphatic rings. The van der Waals surface area contributed by atoms with Crippen molar-refractivity contribution in [2.45, 2.75) is 25.0 Å². The van der Waals surface area contributed by atoms with E-state index in [9.17, 15) is 18.0 Å². The molecule has 1 amide bonds. The Morgan fingerprint density at radius 3 is 2.55 bits per heavy atom.